The lowest BCUT2D eigenvalue weighted by Gasteiger charge is -2.05. The second kappa shape index (κ2) is 2.91. The summed E-state index contributed by atoms with van der Waals surface area (Å²) < 4.78 is 18.6. The fourth-order valence-electron chi connectivity index (χ4n) is 1.00. The van der Waals surface area contributed by atoms with Gasteiger partial charge in [0.15, 0.2) is 11.1 Å². The number of rotatable bonds is 4. The van der Waals surface area contributed by atoms with Crippen molar-refractivity contribution in [3.63, 3.8) is 0 Å². The minimum atomic E-state index is -1.85. The number of carbonyl (C=O) groups is 1. The van der Waals surface area contributed by atoms with Crippen molar-refractivity contribution in [2.24, 2.45) is 5.41 Å². The fraction of sp³-hybridized carbons (Fsp3) is 0.833. The van der Waals surface area contributed by atoms with E-state index in [0.717, 1.165) is 0 Å². The van der Waals surface area contributed by atoms with Crippen LogP contribution in [-0.2, 0) is 15.9 Å². The minimum absolute atomic E-state index is 0.0757. The molecule has 0 radical (unpaired) electrons. The molecule has 0 amide bonds. The zero-order valence-electron chi connectivity index (χ0n) is 5.95. The Kier molecular flexibility index (Phi) is 2.29. The average Bonchev–Trinajstić information content (AvgIpc) is 2.63. The summed E-state index contributed by atoms with van der Waals surface area (Å²) in [6.07, 6.45) is 1.63. The first kappa shape index (κ1) is 8.67. The average molecular weight is 178 g/mol. The highest BCUT2D eigenvalue weighted by atomic mass is 32.2. The molecule has 1 fully saturated rings. The lowest BCUT2D eigenvalue weighted by Crippen LogP contribution is -2.17. The van der Waals surface area contributed by atoms with Crippen molar-refractivity contribution >= 4 is 17.0 Å². The maximum absolute atomic E-state index is 10.5. The van der Waals surface area contributed by atoms with E-state index in [9.17, 15) is 9.00 Å². The third kappa shape index (κ3) is 2.00. The van der Waals surface area contributed by atoms with Gasteiger partial charge in [-0.15, -0.1) is 0 Å². The van der Waals surface area contributed by atoms with Crippen molar-refractivity contribution < 1.29 is 18.7 Å². The molecule has 1 rings (SSSR count). The van der Waals surface area contributed by atoms with Crippen LogP contribution in [0.5, 0.6) is 0 Å². The van der Waals surface area contributed by atoms with Gasteiger partial charge in [0.05, 0.1) is 11.2 Å². The van der Waals surface area contributed by atoms with Crippen LogP contribution in [0, 0.1) is 5.41 Å². The van der Waals surface area contributed by atoms with Gasteiger partial charge in [0.2, 0.25) is 0 Å². The third-order valence-electron chi connectivity index (χ3n) is 2.06. The quantitative estimate of drug-likeness (QED) is 0.613. The summed E-state index contributed by atoms with van der Waals surface area (Å²) >= 11 is -1.85. The minimum Gasteiger partial charge on any atom is -0.481 e. The lowest BCUT2D eigenvalue weighted by molar-refractivity contribution is -0.143. The summed E-state index contributed by atoms with van der Waals surface area (Å²) in [7, 11) is 0. The van der Waals surface area contributed by atoms with Crippen LogP contribution >= 0.6 is 0 Å². The SMILES string of the molecule is O=C(O)C1(CCS(=O)O)CC1. The van der Waals surface area contributed by atoms with Gasteiger partial charge in [-0.1, -0.05) is 0 Å². The molecular formula is C6H10O4S. The van der Waals surface area contributed by atoms with Crippen molar-refractivity contribution in [1.29, 1.82) is 0 Å². The molecule has 0 bridgehead atoms. The summed E-state index contributed by atoms with van der Waals surface area (Å²) in [5, 5.41) is 8.64. The first-order valence-corrected chi connectivity index (χ1v) is 4.65. The van der Waals surface area contributed by atoms with Gasteiger partial charge in [0.1, 0.15) is 0 Å². The van der Waals surface area contributed by atoms with E-state index in [1.165, 1.54) is 0 Å². The molecule has 4 nitrogen and oxygen atoms in total. The van der Waals surface area contributed by atoms with E-state index in [0.29, 0.717) is 19.3 Å². The Bertz CT molecular complexity index is 197. The molecule has 0 spiro atoms. The second-order valence-corrected chi connectivity index (χ2v) is 3.91. The van der Waals surface area contributed by atoms with Gasteiger partial charge in [0, 0.05) is 0 Å². The van der Waals surface area contributed by atoms with E-state index in [2.05, 4.69) is 0 Å². The molecule has 11 heavy (non-hydrogen) atoms. The molecule has 2 N–H and O–H groups in total. The highest BCUT2D eigenvalue weighted by Gasteiger charge is 2.49. The fourth-order valence-corrected chi connectivity index (χ4v) is 1.57. The van der Waals surface area contributed by atoms with E-state index in [1.54, 1.807) is 0 Å². The molecule has 1 aliphatic rings. The van der Waals surface area contributed by atoms with Crippen LogP contribution in [-0.4, -0.2) is 25.6 Å². The molecule has 1 aliphatic carbocycles. The van der Waals surface area contributed by atoms with Gasteiger partial charge in [-0.25, -0.2) is 4.21 Å². The molecule has 0 heterocycles. The van der Waals surface area contributed by atoms with Gasteiger partial charge in [0.25, 0.3) is 0 Å². The zero-order chi connectivity index (χ0) is 8.48. The van der Waals surface area contributed by atoms with Crippen LogP contribution in [0.15, 0.2) is 0 Å². The maximum atomic E-state index is 10.5. The Balaban J connectivity index is 2.36. The monoisotopic (exact) mass is 178 g/mol. The first-order chi connectivity index (χ1) is 5.07. The van der Waals surface area contributed by atoms with Crippen LogP contribution in [0.4, 0.5) is 0 Å². The number of hydrogen-bond donors (Lipinski definition) is 2. The molecule has 0 aliphatic heterocycles. The molecular weight excluding hydrogens is 168 g/mol. The predicted octanol–water partition coefficient (Wildman–Crippen LogP) is 0.463. The van der Waals surface area contributed by atoms with Crippen LogP contribution in [0.3, 0.4) is 0 Å². The standard InChI is InChI=1S/C6H10O4S/c7-5(8)6(1-2-6)3-4-11(9)10/h1-4H2,(H,7,8)(H,9,10). The first-order valence-electron chi connectivity index (χ1n) is 3.38. The van der Waals surface area contributed by atoms with Crippen molar-refractivity contribution in [1.82, 2.24) is 0 Å². The Hall–Kier alpha value is -0.420. The highest BCUT2D eigenvalue weighted by molar-refractivity contribution is 7.79. The van der Waals surface area contributed by atoms with Crippen molar-refractivity contribution in [2.45, 2.75) is 19.3 Å². The van der Waals surface area contributed by atoms with Gasteiger partial charge >= 0.3 is 5.97 Å². The van der Waals surface area contributed by atoms with Crippen molar-refractivity contribution in [2.75, 3.05) is 5.75 Å². The molecule has 0 aromatic heterocycles. The normalized spacial score (nSPS) is 22.6. The lowest BCUT2D eigenvalue weighted by atomic mass is 10.1. The molecule has 1 atom stereocenters. The third-order valence-corrected chi connectivity index (χ3v) is 2.62. The van der Waals surface area contributed by atoms with Gasteiger partial charge in [-0.3, -0.25) is 4.79 Å². The van der Waals surface area contributed by atoms with E-state index in [4.69, 9.17) is 9.66 Å². The maximum Gasteiger partial charge on any atom is 0.309 e. The summed E-state index contributed by atoms with van der Waals surface area (Å²) in [6, 6.07) is 0. The second-order valence-electron chi connectivity index (χ2n) is 2.86. The van der Waals surface area contributed by atoms with E-state index in [-0.39, 0.29) is 5.75 Å². The Morgan fingerprint density at radius 1 is 1.55 bits per heavy atom. The molecule has 0 aromatic rings. The molecule has 5 heteroatoms. The number of aliphatic carboxylic acids is 1. The van der Waals surface area contributed by atoms with Gasteiger partial charge in [-0.05, 0) is 19.3 Å². The van der Waals surface area contributed by atoms with E-state index < -0.39 is 22.5 Å². The number of carboxylic acid groups (broad SMARTS) is 1. The zero-order valence-corrected chi connectivity index (χ0v) is 6.76. The summed E-state index contributed by atoms with van der Waals surface area (Å²) in [6.45, 7) is 0. The van der Waals surface area contributed by atoms with Crippen LogP contribution in [0.25, 0.3) is 0 Å². The summed E-state index contributed by atoms with van der Waals surface area (Å²) in [5.74, 6) is -0.755. The van der Waals surface area contributed by atoms with Crippen molar-refractivity contribution in [3.8, 4) is 0 Å². The smallest absolute Gasteiger partial charge is 0.309 e. The number of carboxylic acids is 1. The Morgan fingerprint density at radius 2 is 2.09 bits per heavy atom. The Labute approximate surface area is 66.9 Å². The van der Waals surface area contributed by atoms with Crippen LogP contribution < -0.4 is 0 Å². The summed E-state index contributed by atoms with van der Waals surface area (Å²) in [4.78, 5) is 10.5. The molecule has 64 valence electrons. The van der Waals surface area contributed by atoms with E-state index in [1.807, 2.05) is 0 Å². The summed E-state index contributed by atoms with van der Waals surface area (Å²) in [5.41, 5.74) is -0.654. The molecule has 1 unspecified atom stereocenters. The van der Waals surface area contributed by atoms with Crippen LogP contribution in [0.1, 0.15) is 19.3 Å². The van der Waals surface area contributed by atoms with Gasteiger partial charge < -0.3 is 9.66 Å². The van der Waals surface area contributed by atoms with Crippen LogP contribution in [0.2, 0.25) is 0 Å². The molecule has 0 saturated heterocycles. The Morgan fingerprint density at radius 3 is 2.36 bits per heavy atom. The largest absolute Gasteiger partial charge is 0.481 e. The van der Waals surface area contributed by atoms with E-state index >= 15 is 0 Å². The highest BCUT2D eigenvalue weighted by Crippen LogP contribution is 2.48. The predicted molar refractivity (Wildman–Crippen MR) is 39.6 cm³/mol. The molecule has 1 saturated carbocycles. The number of hydrogen-bond acceptors (Lipinski definition) is 2. The topological polar surface area (TPSA) is 74.6 Å². The van der Waals surface area contributed by atoms with Crippen molar-refractivity contribution in [3.05, 3.63) is 0 Å². The van der Waals surface area contributed by atoms with Gasteiger partial charge in [-0.2, -0.15) is 0 Å². The molecule has 0 aromatic carbocycles.